The zero-order valence-corrected chi connectivity index (χ0v) is 14.4. The average molecular weight is 342 g/mol. The molecule has 2 amide bonds. The molecule has 0 unspecified atom stereocenters. The Kier molecular flexibility index (Phi) is 5.40. The van der Waals surface area contributed by atoms with Gasteiger partial charge in [-0.15, -0.1) is 0 Å². The summed E-state index contributed by atoms with van der Waals surface area (Å²) in [5.74, 6) is 1.44. The van der Waals surface area contributed by atoms with E-state index < -0.39 is 0 Å². The molecule has 0 spiro atoms. The van der Waals surface area contributed by atoms with Crippen molar-refractivity contribution in [3.05, 3.63) is 59.2 Å². The molecule has 2 aromatic rings. The Morgan fingerprint density at radius 3 is 2.80 bits per heavy atom. The number of hydrogen-bond acceptors (Lipinski definition) is 4. The molecule has 25 heavy (non-hydrogen) atoms. The van der Waals surface area contributed by atoms with E-state index in [4.69, 9.17) is 14.2 Å². The number of nitrogens with one attached hydrogen (secondary N) is 2. The maximum Gasteiger partial charge on any atom is 0.315 e. The standard InChI is InChI=1S/C19H22N2O4/c1-13(16-6-7-17-18(9-16)25-12-24-17)21-19(22)20-10-14-4-3-5-15(8-14)11-23-2/h3-9,13H,10-12H2,1-2H3,(H2,20,21,22)/t13-/m1/s1. The normalized spacial score (nSPS) is 13.4. The molecule has 0 saturated carbocycles. The van der Waals surface area contributed by atoms with E-state index in [9.17, 15) is 4.79 Å². The van der Waals surface area contributed by atoms with Gasteiger partial charge in [0.1, 0.15) is 0 Å². The zero-order chi connectivity index (χ0) is 17.6. The number of hydrogen-bond donors (Lipinski definition) is 2. The van der Waals surface area contributed by atoms with Crippen molar-refractivity contribution in [1.29, 1.82) is 0 Å². The molecule has 1 atom stereocenters. The summed E-state index contributed by atoms with van der Waals surface area (Å²) >= 11 is 0. The molecule has 0 bridgehead atoms. The Labute approximate surface area is 147 Å². The SMILES string of the molecule is COCc1cccc(CNC(=O)N[C@H](C)c2ccc3c(c2)OCO3)c1. The highest BCUT2D eigenvalue weighted by Crippen LogP contribution is 2.34. The first-order chi connectivity index (χ1) is 12.2. The van der Waals surface area contributed by atoms with Crippen LogP contribution in [0.5, 0.6) is 11.5 Å². The molecule has 1 aliphatic heterocycles. The van der Waals surface area contributed by atoms with Gasteiger partial charge in [-0.1, -0.05) is 30.3 Å². The summed E-state index contributed by atoms with van der Waals surface area (Å²) in [4.78, 5) is 12.1. The molecular formula is C19H22N2O4. The summed E-state index contributed by atoms with van der Waals surface area (Å²) in [6.07, 6.45) is 0. The molecule has 6 heteroatoms. The van der Waals surface area contributed by atoms with E-state index in [1.54, 1.807) is 7.11 Å². The van der Waals surface area contributed by atoms with Gasteiger partial charge in [-0.05, 0) is 35.7 Å². The highest BCUT2D eigenvalue weighted by molar-refractivity contribution is 5.74. The van der Waals surface area contributed by atoms with Crippen LogP contribution in [0.1, 0.15) is 29.7 Å². The van der Waals surface area contributed by atoms with Gasteiger partial charge in [0.25, 0.3) is 0 Å². The summed E-state index contributed by atoms with van der Waals surface area (Å²) in [6, 6.07) is 13.2. The number of rotatable bonds is 6. The van der Waals surface area contributed by atoms with Crippen LogP contribution in [0.4, 0.5) is 4.79 Å². The van der Waals surface area contributed by atoms with Crippen LogP contribution < -0.4 is 20.1 Å². The second kappa shape index (κ2) is 7.90. The molecule has 1 aliphatic rings. The Bertz CT molecular complexity index is 748. The van der Waals surface area contributed by atoms with Gasteiger partial charge in [-0.2, -0.15) is 0 Å². The summed E-state index contributed by atoms with van der Waals surface area (Å²) < 4.78 is 15.8. The third-order valence-electron chi connectivity index (χ3n) is 4.00. The fourth-order valence-electron chi connectivity index (χ4n) is 2.69. The molecule has 132 valence electrons. The molecular weight excluding hydrogens is 320 g/mol. The lowest BCUT2D eigenvalue weighted by atomic mass is 10.1. The lowest BCUT2D eigenvalue weighted by molar-refractivity contribution is 0.174. The van der Waals surface area contributed by atoms with E-state index >= 15 is 0 Å². The minimum Gasteiger partial charge on any atom is -0.454 e. The van der Waals surface area contributed by atoms with E-state index in [2.05, 4.69) is 10.6 Å². The molecule has 0 aliphatic carbocycles. The van der Waals surface area contributed by atoms with Gasteiger partial charge in [0.05, 0.1) is 12.6 Å². The van der Waals surface area contributed by atoms with E-state index in [-0.39, 0.29) is 18.9 Å². The molecule has 0 saturated heterocycles. The monoisotopic (exact) mass is 342 g/mol. The van der Waals surface area contributed by atoms with Crippen molar-refractivity contribution in [2.24, 2.45) is 0 Å². The van der Waals surface area contributed by atoms with Crippen molar-refractivity contribution < 1.29 is 19.0 Å². The predicted molar refractivity (Wildman–Crippen MR) is 93.5 cm³/mol. The molecule has 6 nitrogen and oxygen atoms in total. The highest BCUT2D eigenvalue weighted by Gasteiger charge is 2.16. The van der Waals surface area contributed by atoms with E-state index in [1.165, 1.54) is 0 Å². The average Bonchev–Trinajstić information content (AvgIpc) is 3.08. The lowest BCUT2D eigenvalue weighted by Gasteiger charge is -2.15. The van der Waals surface area contributed by atoms with E-state index in [1.807, 2.05) is 49.4 Å². The Morgan fingerprint density at radius 2 is 1.96 bits per heavy atom. The van der Waals surface area contributed by atoms with Crippen LogP contribution in [-0.2, 0) is 17.9 Å². The Hall–Kier alpha value is -2.73. The first kappa shape index (κ1) is 17.1. The largest absolute Gasteiger partial charge is 0.454 e. The van der Waals surface area contributed by atoms with Crippen LogP contribution in [0.3, 0.4) is 0 Å². The van der Waals surface area contributed by atoms with Crippen molar-refractivity contribution in [2.45, 2.75) is 26.1 Å². The first-order valence-corrected chi connectivity index (χ1v) is 8.16. The van der Waals surface area contributed by atoms with E-state index in [0.717, 1.165) is 22.4 Å². The third-order valence-corrected chi connectivity index (χ3v) is 4.00. The number of amides is 2. The van der Waals surface area contributed by atoms with Crippen LogP contribution in [-0.4, -0.2) is 19.9 Å². The number of fused-ring (bicyclic) bond motifs is 1. The minimum absolute atomic E-state index is 0.144. The fourth-order valence-corrected chi connectivity index (χ4v) is 2.69. The van der Waals surface area contributed by atoms with Crippen molar-refractivity contribution in [2.75, 3.05) is 13.9 Å². The molecule has 2 aromatic carbocycles. The van der Waals surface area contributed by atoms with Crippen LogP contribution in [0.15, 0.2) is 42.5 Å². The van der Waals surface area contributed by atoms with Crippen molar-refractivity contribution in [3.8, 4) is 11.5 Å². The Balaban J connectivity index is 1.53. The fraction of sp³-hybridized carbons (Fsp3) is 0.316. The lowest BCUT2D eigenvalue weighted by Crippen LogP contribution is -2.36. The number of urea groups is 1. The van der Waals surface area contributed by atoms with Gasteiger partial charge in [-0.25, -0.2) is 4.79 Å². The van der Waals surface area contributed by atoms with Crippen LogP contribution in [0, 0.1) is 0 Å². The quantitative estimate of drug-likeness (QED) is 0.846. The van der Waals surface area contributed by atoms with Crippen LogP contribution in [0.2, 0.25) is 0 Å². The Morgan fingerprint density at radius 1 is 1.16 bits per heavy atom. The zero-order valence-electron chi connectivity index (χ0n) is 14.4. The maximum absolute atomic E-state index is 12.1. The minimum atomic E-state index is -0.220. The van der Waals surface area contributed by atoms with Gasteiger partial charge in [0.15, 0.2) is 11.5 Å². The van der Waals surface area contributed by atoms with Crippen molar-refractivity contribution in [3.63, 3.8) is 0 Å². The number of carbonyl (C=O) groups excluding carboxylic acids is 1. The van der Waals surface area contributed by atoms with Gasteiger partial charge < -0.3 is 24.8 Å². The number of methoxy groups -OCH3 is 1. The smallest absolute Gasteiger partial charge is 0.315 e. The van der Waals surface area contributed by atoms with Gasteiger partial charge >= 0.3 is 6.03 Å². The molecule has 0 radical (unpaired) electrons. The number of carbonyl (C=O) groups is 1. The summed E-state index contributed by atoms with van der Waals surface area (Å²) in [7, 11) is 1.66. The first-order valence-electron chi connectivity index (χ1n) is 8.16. The van der Waals surface area contributed by atoms with Gasteiger partial charge in [-0.3, -0.25) is 0 Å². The molecule has 0 fully saturated rings. The second-order valence-corrected chi connectivity index (χ2v) is 5.91. The maximum atomic E-state index is 12.1. The molecule has 2 N–H and O–H groups in total. The number of benzene rings is 2. The highest BCUT2D eigenvalue weighted by atomic mass is 16.7. The predicted octanol–water partition coefficient (Wildman–Crippen LogP) is 3.12. The van der Waals surface area contributed by atoms with Crippen molar-refractivity contribution >= 4 is 6.03 Å². The molecule has 1 heterocycles. The summed E-state index contributed by atoms with van der Waals surface area (Å²) in [5.41, 5.74) is 3.07. The van der Waals surface area contributed by atoms with Crippen molar-refractivity contribution in [1.82, 2.24) is 10.6 Å². The third kappa shape index (κ3) is 4.42. The van der Waals surface area contributed by atoms with Gasteiger partial charge in [0.2, 0.25) is 6.79 Å². The molecule has 3 rings (SSSR count). The topological polar surface area (TPSA) is 68.8 Å². The number of ether oxygens (including phenoxy) is 3. The van der Waals surface area contributed by atoms with Gasteiger partial charge in [0, 0.05) is 13.7 Å². The van der Waals surface area contributed by atoms with Crippen LogP contribution >= 0.6 is 0 Å². The van der Waals surface area contributed by atoms with Crippen LogP contribution in [0.25, 0.3) is 0 Å². The summed E-state index contributed by atoms with van der Waals surface area (Å²) in [5, 5.41) is 5.80. The second-order valence-electron chi connectivity index (χ2n) is 5.91. The summed E-state index contributed by atoms with van der Waals surface area (Å²) in [6.45, 7) is 3.18. The van der Waals surface area contributed by atoms with E-state index in [0.29, 0.717) is 18.9 Å². The molecule has 0 aromatic heterocycles.